The van der Waals surface area contributed by atoms with Crippen molar-refractivity contribution in [3.8, 4) is 12.3 Å². The van der Waals surface area contributed by atoms with E-state index in [1.54, 1.807) is 0 Å². The molecule has 7 rings (SSSR count). The van der Waals surface area contributed by atoms with Gasteiger partial charge in [0.05, 0.1) is 44.3 Å². The van der Waals surface area contributed by atoms with Crippen LogP contribution in [0.2, 0.25) is 0 Å². The molecule has 10 nitrogen and oxygen atoms in total. The van der Waals surface area contributed by atoms with Crippen LogP contribution in [-0.4, -0.2) is 116 Å². The monoisotopic (exact) mass is 843 g/mol. The fraction of sp³-hybridized carbons (Fsp3) is 0.340. The van der Waals surface area contributed by atoms with E-state index in [0.717, 1.165) is 49.0 Å². The SMILES string of the molecule is C#CCN1CCN(CC(=O)N[C@@H](C)c2cccc3ccccc23)CCN(CC(=O)N[C@@H](C)c2cccc3ccccc23)CCN(CC(=O)N[C@@H](C)c2cccc3ccccc23)CC1. The van der Waals surface area contributed by atoms with E-state index < -0.39 is 0 Å². The molecular formula is C53H61N7O3. The number of fused-ring (bicyclic) bond motifs is 3. The molecule has 3 amide bonds. The second-order valence-electron chi connectivity index (χ2n) is 16.9. The Morgan fingerprint density at radius 1 is 0.444 bits per heavy atom. The quantitative estimate of drug-likeness (QED) is 0.109. The predicted molar refractivity (Wildman–Crippen MR) is 256 cm³/mol. The third-order valence-corrected chi connectivity index (χ3v) is 12.3. The zero-order valence-electron chi connectivity index (χ0n) is 36.9. The second-order valence-corrected chi connectivity index (χ2v) is 16.9. The van der Waals surface area contributed by atoms with Crippen LogP contribution < -0.4 is 16.0 Å². The number of amides is 3. The predicted octanol–water partition coefficient (Wildman–Crippen LogP) is 6.93. The summed E-state index contributed by atoms with van der Waals surface area (Å²) in [6.07, 6.45) is 5.88. The fourth-order valence-corrected chi connectivity index (χ4v) is 8.93. The van der Waals surface area contributed by atoms with Crippen LogP contribution in [0.3, 0.4) is 0 Å². The van der Waals surface area contributed by atoms with Crippen LogP contribution in [0.5, 0.6) is 0 Å². The molecule has 1 aliphatic rings. The third-order valence-electron chi connectivity index (χ3n) is 12.3. The lowest BCUT2D eigenvalue weighted by Gasteiger charge is -2.33. The molecule has 10 heteroatoms. The van der Waals surface area contributed by atoms with E-state index in [1.807, 2.05) is 75.4 Å². The first-order valence-corrected chi connectivity index (χ1v) is 22.3. The summed E-state index contributed by atoms with van der Waals surface area (Å²) in [5.74, 6) is 2.62. The van der Waals surface area contributed by atoms with Crippen LogP contribution in [0, 0.1) is 12.3 Å². The number of hydrogen-bond acceptors (Lipinski definition) is 7. The van der Waals surface area contributed by atoms with Gasteiger partial charge in [0.1, 0.15) is 0 Å². The van der Waals surface area contributed by atoms with Crippen molar-refractivity contribution in [3.05, 3.63) is 144 Å². The van der Waals surface area contributed by atoms with E-state index in [4.69, 9.17) is 6.42 Å². The molecule has 1 aliphatic heterocycles. The molecule has 0 aliphatic carbocycles. The highest BCUT2D eigenvalue weighted by atomic mass is 16.2. The molecule has 0 aromatic heterocycles. The maximum atomic E-state index is 13.9. The van der Waals surface area contributed by atoms with Crippen molar-refractivity contribution in [2.75, 3.05) is 78.5 Å². The van der Waals surface area contributed by atoms with Gasteiger partial charge < -0.3 is 16.0 Å². The largest absolute Gasteiger partial charge is 0.348 e. The van der Waals surface area contributed by atoms with Crippen LogP contribution >= 0.6 is 0 Å². The van der Waals surface area contributed by atoms with E-state index in [0.29, 0.717) is 58.9 Å². The molecule has 326 valence electrons. The Kier molecular flexibility index (Phi) is 15.6. The zero-order valence-corrected chi connectivity index (χ0v) is 36.9. The normalized spacial score (nSPS) is 16.6. The lowest BCUT2D eigenvalue weighted by Crippen LogP contribution is -2.50. The molecule has 3 N–H and O–H groups in total. The van der Waals surface area contributed by atoms with E-state index >= 15 is 0 Å². The summed E-state index contributed by atoms with van der Waals surface area (Å²) in [6, 6.07) is 42.7. The zero-order chi connectivity index (χ0) is 44.1. The molecule has 0 unspecified atom stereocenters. The fourth-order valence-electron chi connectivity index (χ4n) is 8.93. The first-order chi connectivity index (χ1) is 30.6. The Hall–Kier alpha value is -6.09. The molecule has 6 aromatic carbocycles. The minimum absolute atomic E-state index is 0.0610. The maximum Gasteiger partial charge on any atom is 0.234 e. The van der Waals surface area contributed by atoms with E-state index in [9.17, 15) is 14.4 Å². The van der Waals surface area contributed by atoms with Crippen molar-refractivity contribution in [1.82, 2.24) is 35.6 Å². The number of nitrogens with one attached hydrogen (secondary N) is 3. The van der Waals surface area contributed by atoms with Crippen LogP contribution in [0.25, 0.3) is 32.3 Å². The Labute approximate surface area is 372 Å². The van der Waals surface area contributed by atoms with Crippen molar-refractivity contribution in [2.24, 2.45) is 0 Å². The van der Waals surface area contributed by atoms with Gasteiger partial charge in [0.2, 0.25) is 17.7 Å². The molecular weight excluding hydrogens is 783 g/mol. The van der Waals surface area contributed by atoms with Gasteiger partial charge in [0.25, 0.3) is 0 Å². The maximum absolute atomic E-state index is 13.9. The van der Waals surface area contributed by atoms with E-state index in [2.05, 4.69) is 114 Å². The summed E-state index contributed by atoms with van der Waals surface area (Å²) < 4.78 is 0. The van der Waals surface area contributed by atoms with Gasteiger partial charge in [-0.25, -0.2) is 0 Å². The summed E-state index contributed by atoms with van der Waals surface area (Å²) in [5.41, 5.74) is 3.22. The summed E-state index contributed by atoms with van der Waals surface area (Å²) in [4.78, 5) is 50.2. The lowest BCUT2D eigenvalue weighted by atomic mass is 10.00. The molecule has 1 saturated heterocycles. The van der Waals surface area contributed by atoms with E-state index in [-0.39, 0.29) is 55.5 Å². The third kappa shape index (κ3) is 12.1. The second kappa shape index (κ2) is 21.8. The Bertz CT molecular complexity index is 2420. The van der Waals surface area contributed by atoms with Crippen LogP contribution in [0.1, 0.15) is 55.6 Å². The molecule has 1 heterocycles. The van der Waals surface area contributed by atoms with Gasteiger partial charge >= 0.3 is 0 Å². The number of benzene rings is 6. The van der Waals surface area contributed by atoms with Gasteiger partial charge in [-0.1, -0.05) is 133 Å². The van der Waals surface area contributed by atoms with Gasteiger partial charge in [-0.3, -0.25) is 34.0 Å². The highest BCUT2D eigenvalue weighted by molar-refractivity contribution is 5.89. The van der Waals surface area contributed by atoms with Gasteiger partial charge in [-0.05, 0) is 69.8 Å². The first kappa shape index (κ1) is 44.9. The Morgan fingerprint density at radius 2 is 0.714 bits per heavy atom. The molecule has 1 fully saturated rings. The minimum Gasteiger partial charge on any atom is -0.348 e. The van der Waals surface area contributed by atoms with Gasteiger partial charge in [-0.15, -0.1) is 6.42 Å². The number of carbonyl (C=O) groups is 3. The topological polar surface area (TPSA) is 100 Å². The summed E-state index contributed by atoms with van der Waals surface area (Å²) >= 11 is 0. The molecule has 0 bridgehead atoms. The number of hydrogen-bond donors (Lipinski definition) is 3. The van der Waals surface area contributed by atoms with Gasteiger partial charge in [0.15, 0.2) is 0 Å². The summed E-state index contributed by atoms with van der Waals surface area (Å²) in [5, 5.41) is 16.6. The number of nitrogens with zero attached hydrogens (tertiary/aromatic N) is 4. The summed E-state index contributed by atoms with van der Waals surface area (Å²) in [7, 11) is 0. The molecule has 63 heavy (non-hydrogen) atoms. The van der Waals surface area contributed by atoms with Crippen molar-refractivity contribution in [3.63, 3.8) is 0 Å². The molecule has 0 radical (unpaired) electrons. The van der Waals surface area contributed by atoms with Crippen molar-refractivity contribution < 1.29 is 14.4 Å². The highest BCUT2D eigenvalue weighted by Crippen LogP contribution is 2.26. The number of rotatable bonds is 13. The smallest absolute Gasteiger partial charge is 0.234 e. The highest BCUT2D eigenvalue weighted by Gasteiger charge is 2.23. The van der Waals surface area contributed by atoms with Crippen molar-refractivity contribution >= 4 is 50.0 Å². The number of terminal acetylenes is 1. The van der Waals surface area contributed by atoms with Gasteiger partial charge in [0, 0.05) is 52.4 Å². The molecule has 0 spiro atoms. The standard InChI is InChI=1S/C53H61N7O3/c1-5-27-57-28-30-58(36-51(61)54-39(2)45-24-12-18-42-15-6-9-21-48(42)45)32-34-60(38-53(63)56-41(4)47-26-14-20-44-17-8-11-23-50(44)47)35-33-59(31-29-57)37-52(62)55-40(3)46-25-13-19-43-16-7-10-22-49(43)46/h1,6-26,39-41H,27-38H2,2-4H3,(H,54,61)(H,55,62)(H,56,63)/t39-,40-,41-/m0/s1. The number of carbonyl (C=O) groups excluding carboxylic acids is 3. The van der Waals surface area contributed by atoms with Gasteiger partial charge in [-0.2, -0.15) is 0 Å². The van der Waals surface area contributed by atoms with E-state index in [1.165, 1.54) is 0 Å². The Balaban J connectivity index is 1.05. The average Bonchev–Trinajstić information content (AvgIpc) is 3.29. The van der Waals surface area contributed by atoms with Crippen LogP contribution in [-0.2, 0) is 14.4 Å². The molecule has 3 atom stereocenters. The van der Waals surface area contributed by atoms with Crippen molar-refractivity contribution in [2.45, 2.75) is 38.9 Å². The van der Waals surface area contributed by atoms with Crippen molar-refractivity contribution in [1.29, 1.82) is 0 Å². The molecule has 6 aromatic rings. The van der Waals surface area contributed by atoms with Crippen LogP contribution in [0.15, 0.2) is 127 Å². The Morgan fingerprint density at radius 3 is 1.02 bits per heavy atom. The summed E-state index contributed by atoms with van der Waals surface area (Å²) in [6.45, 7) is 11.9. The first-order valence-electron chi connectivity index (χ1n) is 22.3. The minimum atomic E-state index is -0.203. The average molecular weight is 844 g/mol. The lowest BCUT2D eigenvalue weighted by molar-refractivity contribution is -0.125. The molecule has 0 saturated carbocycles. The van der Waals surface area contributed by atoms with Crippen LogP contribution in [0.4, 0.5) is 0 Å².